The van der Waals surface area contributed by atoms with Crippen molar-refractivity contribution in [3.63, 3.8) is 0 Å². The van der Waals surface area contributed by atoms with E-state index in [1.54, 1.807) is 24.3 Å². The second kappa shape index (κ2) is 7.23. The van der Waals surface area contributed by atoms with E-state index in [-0.39, 0.29) is 56.8 Å². The van der Waals surface area contributed by atoms with Crippen LogP contribution in [0.25, 0.3) is 44.8 Å². The summed E-state index contributed by atoms with van der Waals surface area (Å²) in [5.41, 5.74) is 3.01. The zero-order valence-electron chi connectivity index (χ0n) is 18.0. The van der Waals surface area contributed by atoms with Crippen LogP contribution in [-0.4, -0.2) is 30.6 Å². The van der Waals surface area contributed by atoms with Gasteiger partial charge in [0.25, 0.3) is 0 Å². The van der Waals surface area contributed by atoms with Gasteiger partial charge in [-0.05, 0) is 54.1 Å². The molecule has 6 rings (SSSR count). The Morgan fingerprint density at radius 2 is 1.09 bits per heavy atom. The number of phenolic OH excluding ortho intramolecular Hbond substituents is 5. The van der Waals surface area contributed by atoms with Crippen molar-refractivity contribution in [1.29, 1.82) is 0 Å². The molecule has 1 aliphatic rings. The van der Waals surface area contributed by atoms with Gasteiger partial charge in [0.1, 0.15) is 45.8 Å². The van der Waals surface area contributed by atoms with Crippen molar-refractivity contribution in [2.24, 2.45) is 0 Å². The number of rotatable bonds is 2. The number of furan rings is 1. The maximum Gasteiger partial charge on any atom is 0.143 e. The summed E-state index contributed by atoms with van der Waals surface area (Å²) in [6, 6.07) is 17.9. The SMILES string of the molecule is OC1=C(c2ccc(O)cc2)c2c(O)cc(O)cc2-c2c(-c3ccc(O)cc3)oc3cc(O)cc1c23. The third-order valence-electron chi connectivity index (χ3n) is 6.18. The van der Waals surface area contributed by atoms with Gasteiger partial charge in [0.2, 0.25) is 0 Å². The van der Waals surface area contributed by atoms with Crippen LogP contribution in [0.15, 0.2) is 77.2 Å². The molecule has 1 aliphatic carbocycles. The lowest BCUT2D eigenvalue weighted by Crippen LogP contribution is -1.96. The van der Waals surface area contributed by atoms with Gasteiger partial charge in [-0.1, -0.05) is 12.1 Å². The number of hydrogen-bond donors (Lipinski definition) is 6. The van der Waals surface area contributed by atoms with Crippen LogP contribution in [0.5, 0.6) is 28.7 Å². The summed E-state index contributed by atoms with van der Waals surface area (Å²) in [5, 5.41) is 63.5. The molecule has 5 aromatic rings. The molecule has 0 saturated heterocycles. The van der Waals surface area contributed by atoms with Crippen LogP contribution in [-0.2, 0) is 0 Å². The molecule has 0 atom stereocenters. The number of aliphatic hydroxyl groups excluding tert-OH is 1. The Kier molecular flexibility index (Phi) is 4.25. The maximum absolute atomic E-state index is 11.6. The van der Waals surface area contributed by atoms with E-state index < -0.39 is 0 Å². The van der Waals surface area contributed by atoms with Gasteiger partial charge in [-0.2, -0.15) is 0 Å². The largest absolute Gasteiger partial charge is 0.508 e. The minimum Gasteiger partial charge on any atom is -0.508 e. The predicted octanol–water partition coefficient (Wildman–Crippen LogP) is 6.08. The van der Waals surface area contributed by atoms with Crippen molar-refractivity contribution in [3.8, 4) is 51.2 Å². The van der Waals surface area contributed by atoms with Gasteiger partial charge < -0.3 is 35.1 Å². The number of aromatic hydroxyl groups is 5. The first-order valence-electron chi connectivity index (χ1n) is 10.7. The molecule has 7 heteroatoms. The lowest BCUT2D eigenvalue weighted by molar-refractivity contribution is 0.449. The van der Waals surface area contributed by atoms with Gasteiger partial charge in [0, 0.05) is 50.9 Å². The van der Waals surface area contributed by atoms with Crippen LogP contribution in [0.1, 0.15) is 16.7 Å². The van der Waals surface area contributed by atoms with Gasteiger partial charge >= 0.3 is 0 Å². The number of benzene rings is 4. The number of phenols is 5. The van der Waals surface area contributed by atoms with Crippen LogP contribution in [0.3, 0.4) is 0 Å². The van der Waals surface area contributed by atoms with E-state index in [2.05, 4.69) is 0 Å². The van der Waals surface area contributed by atoms with Crippen LogP contribution in [0, 0.1) is 0 Å². The second-order valence-corrected chi connectivity index (χ2v) is 8.38. The summed E-state index contributed by atoms with van der Waals surface area (Å²) in [7, 11) is 0. The number of hydrogen-bond acceptors (Lipinski definition) is 7. The van der Waals surface area contributed by atoms with Crippen molar-refractivity contribution in [2.45, 2.75) is 0 Å². The van der Waals surface area contributed by atoms with E-state index in [9.17, 15) is 30.6 Å². The summed E-state index contributed by atoms with van der Waals surface area (Å²) in [6.07, 6.45) is 0. The van der Waals surface area contributed by atoms with Gasteiger partial charge in [-0.3, -0.25) is 0 Å². The van der Waals surface area contributed by atoms with Gasteiger partial charge in [-0.15, -0.1) is 0 Å². The van der Waals surface area contributed by atoms with Gasteiger partial charge in [-0.25, -0.2) is 0 Å². The van der Waals surface area contributed by atoms with Crippen molar-refractivity contribution < 1.29 is 35.1 Å². The Bertz CT molecular complexity index is 1670. The minimum atomic E-state index is -0.280. The molecular weight excluding hydrogens is 448 g/mol. The van der Waals surface area contributed by atoms with Crippen molar-refractivity contribution in [1.82, 2.24) is 0 Å². The van der Waals surface area contributed by atoms with Crippen LogP contribution >= 0.6 is 0 Å². The third kappa shape index (κ3) is 3.06. The Labute approximate surface area is 198 Å². The molecule has 4 aromatic carbocycles. The molecule has 7 nitrogen and oxygen atoms in total. The second-order valence-electron chi connectivity index (χ2n) is 8.38. The highest BCUT2D eigenvalue weighted by atomic mass is 16.3. The van der Waals surface area contributed by atoms with E-state index in [1.807, 2.05) is 0 Å². The molecule has 0 unspecified atom stereocenters. The van der Waals surface area contributed by atoms with E-state index in [0.717, 1.165) is 0 Å². The summed E-state index contributed by atoms with van der Waals surface area (Å²) < 4.78 is 6.14. The quantitative estimate of drug-likeness (QED) is 0.186. The molecule has 0 spiro atoms. The van der Waals surface area contributed by atoms with E-state index >= 15 is 0 Å². The van der Waals surface area contributed by atoms with Crippen LogP contribution < -0.4 is 0 Å². The molecule has 0 amide bonds. The maximum atomic E-state index is 11.6. The molecule has 35 heavy (non-hydrogen) atoms. The average Bonchev–Trinajstić information content (AvgIpc) is 3.15. The summed E-state index contributed by atoms with van der Waals surface area (Å²) >= 11 is 0. The smallest absolute Gasteiger partial charge is 0.143 e. The number of fused-ring (bicyclic) bond motifs is 2. The molecule has 0 saturated carbocycles. The first-order valence-corrected chi connectivity index (χ1v) is 10.7. The lowest BCUT2D eigenvalue weighted by atomic mass is 9.89. The summed E-state index contributed by atoms with van der Waals surface area (Å²) in [5.74, 6) is -0.383. The summed E-state index contributed by atoms with van der Waals surface area (Å²) in [6.45, 7) is 0. The fraction of sp³-hybridized carbons (Fsp3) is 0. The fourth-order valence-corrected chi connectivity index (χ4v) is 4.71. The molecule has 0 radical (unpaired) electrons. The van der Waals surface area contributed by atoms with Crippen molar-refractivity contribution in [2.75, 3.05) is 0 Å². The first-order chi connectivity index (χ1) is 16.8. The molecule has 0 fully saturated rings. The molecule has 172 valence electrons. The number of aliphatic hydroxyl groups is 1. The topological polar surface area (TPSA) is 135 Å². The van der Waals surface area contributed by atoms with E-state index in [0.29, 0.717) is 33.4 Å². The molecular formula is C28H18O7. The van der Waals surface area contributed by atoms with Gasteiger partial charge in [0.05, 0.1) is 0 Å². The van der Waals surface area contributed by atoms with Crippen LogP contribution in [0.4, 0.5) is 0 Å². The Balaban J connectivity index is 1.81. The van der Waals surface area contributed by atoms with E-state index in [1.165, 1.54) is 48.5 Å². The molecule has 1 heterocycles. The van der Waals surface area contributed by atoms with Crippen molar-refractivity contribution in [3.05, 3.63) is 89.5 Å². The standard InChI is InChI=1S/C28H18O7/c29-15-5-1-13(2-6-15)23-24-19(9-17(31)11-21(24)33)26-25-20(27(23)34)10-18(32)12-22(25)35-28(26)14-3-7-16(30)8-4-14/h1-12,29-34H. The minimum absolute atomic E-state index is 0.0302. The highest BCUT2D eigenvalue weighted by molar-refractivity contribution is 6.16. The highest BCUT2D eigenvalue weighted by Gasteiger charge is 2.32. The lowest BCUT2D eigenvalue weighted by Gasteiger charge is -2.16. The highest BCUT2D eigenvalue weighted by Crippen LogP contribution is 2.54. The van der Waals surface area contributed by atoms with Crippen LogP contribution in [0.2, 0.25) is 0 Å². The van der Waals surface area contributed by atoms with Crippen molar-refractivity contribution >= 4 is 22.3 Å². The summed E-state index contributed by atoms with van der Waals surface area (Å²) in [4.78, 5) is 0. The van der Waals surface area contributed by atoms with E-state index in [4.69, 9.17) is 4.42 Å². The first kappa shape index (κ1) is 20.6. The fourth-order valence-electron chi connectivity index (χ4n) is 4.71. The predicted molar refractivity (Wildman–Crippen MR) is 130 cm³/mol. The zero-order chi connectivity index (χ0) is 24.4. The molecule has 0 aliphatic heterocycles. The molecule has 6 N–H and O–H groups in total. The Hall–Kier alpha value is -5.04. The Morgan fingerprint density at radius 1 is 0.514 bits per heavy atom. The normalized spacial score (nSPS) is 12.6. The average molecular weight is 466 g/mol. The molecule has 0 bridgehead atoms. The zero-order valence-corrected chi connectivity index (χ0v) is 18.0. The van der Waals surface area contributed by atoms with Gasteiger partial charge in [0.15, 0.2) is 0 Å². The third-order valence-corrected chi connectivity index (χ3v) is 6.18. The Morgan fingerprint density at radius 3 is 1.74 bits per heavy atom. The monoisotopic (exact) mass is 466 g/mol. The molecule has 1 aromatic heterocycles.